The predicted molar refractivity (Wildman–Crippen MR) is 99.2 cm³/mol. The Morgan fingerprint density at radius 3 is 2.56 bits per heavy atom. The number of nitrogens with zero attached hydrogens (tertiary/aromatic N) is 1. The highest BCUT2D eigenvalue weighted by atomic mass is 19.1. The van der Waals surface area contributed by atoms with Gasteiger partial charge < -0.3 is 15.0 Å². The molecule has 0 aliphatic carbocycles. The highest BCUT2D eigenvalue weighted by Crippen LogP contribution is 2.18. The molecule has 1 unspecified atom stereocenters. The number of amides is 2. The smallest absolute Gasteiger partial charge is 0.410 e. The Balaban J connectivity index is 1.46. The first kappa shape index (κ1) is 18.9. The molecule has 1 N–H and O–H groups in total. The number of carbonyl (C=O) groups excluding carboxylic acids is 2. The summed E-state index contributed by atoms with van der Waals surface area (Å²) in [5.41, 5.74) is 1.76. The van der Waals surface area contributed by atoms with Crippen LogP contribution in [0.1, 0.15) is 24.0 Å². The van der Waals surface area contributed by atoms with E-state index in [-0.39, 0.29) is 24.2 Å². The number of piperidine rings is 1. The van der Waals surface area contributed by atoms with Crippen LogP contribution in [0.2, 0.25) is 0 Å². The standard InChI is InChI=1S/C21H23FN2O3/c22-19-10-8-16(9-11-19)13-23-20(25)18-7-4-12-24(14-18)21(26)27-15-17-5-2-1-3-6-17/h1-3,5-6,8-11,18H,4,7,12-15H2,(H,23,25). The monoisotopic (exact) mass is 370 g/mol. The number of likely N-dealkylation sites (tertiary alicyclic amines) is 1. The molecule has 0 bridgehead atoms. The Hall–Kier alpha value is -2.89. The maximum absolute atomic E-state index is 12.9. The summed E-state index contributed by atoms with van der Waals surface area (Å²) in [7, 11) is 0. The van der Waals surface area contributed by atoms with Gasteiger partial charge in [-0.25, -0.2) is 9.18 Å². The lowest BCUT2D eigenvalue weighted by atomic mass is 9.97. The molecular weight excluding hydrogens is 347 g/mol. The molecule has 2 amide bonds. The minimum Gasteiger partial charge on any atom is -0.445 e. The molecule has 2 aromatic carbocycles. The van der Waals surface area contributed by atoms with Crippen LogP contribution in [0.15, 0.2) is 54.6 Å². The van der Waals surface area contributed by atoms with Crippen LogP contribution in [0.5, 0.6) is 0 Å². The van der Waals surface area contributed by atoms with Crippen molar-refractivity contribution in [2.75, 3.05) is 13.1 Å². The molecule has 1 atom stereocenters. The molecular formula is C21H23FN2O3. The second-order valence-electron chi connectivity index (χ2n) is 6.67. The number of halogens is 1. The molecule has 1 saturated heterocycles. The van der Waals surface area contributed by atoms with Crippen LogP contribution in [-0.2, 0) is 22.7 Å². The van der Waals surface area contributed by atoms with Crippen molar-refractivity contribution in [3.63, 3.8) is 0 Å². The summed E-state index contributed by atoms with van der Waals surface area (Å²) < 4.78 is 18.3. The Bertz CT molecular complexity index is 765. The van der Waals surface area contributed by atoms with Crippen LogP contribution < -0.4 is 5.32 Å². The Morgan fingerprint density at radius 2 is 1.81 bits per heavy atom. The number of rotatable bonds is 5. The molecule has 0 aromatic heterocycles. The molecule has 2 aromatic rings. The molecule has 1 aliphatic rings. The van der Waals surface area contributed by atoms with Gasteiger partial charge in [0.1, 0.15) is 12.4 Å². The third-order valence-electron chi connectivity index (χ3n) is 4.64. The average molecular weight is 370 g/mol. The van der Waals surface area contributed by atoms with Crippen molar-refractivity contribution in [1.29, 1.82) is 0 Å². The third kappa shape index (κ3) is 5.54. The van der Waals surface area contributed by atoms with E-state index in [0.717, 1.165) is 24.0 Å². The van der Waals surface area contributed by atoms with Crippen molar-refractivity contribution in [3.05, 3.63) is 71.5 Å². The maximum atomic E-state index is 12.9. The molecule has 1 heterocycles. The van der Waals surface area contributed by atoms with Gasteiger partial charge in [-0.05, 0) is 36.1 Å². The van der Waals surface area contributed by atoms with Gasteiger partial charge in [0.05, 0.1) is 5.92 Å². The topological polar surface area (TPSA) is 58.6 Å². The van der Waals surface area contributed by atoms with Crippen molar-refractivity contribution in [2.24, 2.45) is 5.92 Å². The molecule has 1 aliphatic heterocycles. The van der Waals surface area contributed by atoms with Crippen molar-refractivity contribution in [3.8, 4) is 0 Å². The van der Waals surface area contributed by atoms with Gasteiger partial charge in [0.15, 0.2) is 0 Å². The zero-order valence-electron chi connectivity index (χ0n) is 15.1. The summed E-state index contributed by atoms with van der Waals surface area (Å²) in [6.45, 7) is 1.50. The second-order valence-corrected chi connectivity index (χ2v) is 6.67. The fourth-order valence-electron chi connectivity index (χ4n) is 3.10. The highest BCUT2D eigenvalue weighted by Gasteiger charge is 2.29. The summed E-state index contributed by atoms with van der Waals surface area (Å²) in [5, 5.41) is 2.87. The predicted octanol–water partition coefficient (Wildman–Crippen LogP) is 3.49. The van der Waals surface area contributed by atoms with Crippen LogP contribution in [0.25, 0.3) is 0 Å². The first-order chi connectivity index (χ1) is 13.1. The molecule has 1 fully saturated rings. The largest absolute Gasteiger partial charge is 0.445 e. The average Bonchev–Trinajstić information content (AvgIpc) is 2.72. The zero-order chi connectivity index (χ0) is 19.1. The number of nitrogens with one attached hydrogen (secondary N) is 1. The minimum absolute atomic E-state index is 0.0973. The Morgan fingerprint density at radius 1 is 1.07 bits per heavy atom. The SMILES string of the molecule is O=C(NCc1ccc(F)cc1)C1CCCN(C(=O)OCc2ccccc2)C1. The van der Waals surface area contributed by atoms with Gasteiger partial charge in [-0.1, -0.05) is 42.5 Å². The highest BCUT2D eigenvalue weighted by molar-refractivity contribution is 5.80. The van der Waals surface area contributed by atoms with E-state index in [1.54, 1.807) is 17.0 Å². The Kier molecular flexibility index (Phi) is 6.41. The van der Waals surface area contributed by atoms with E-state index in [1.165, 1.54) is 12.1 Å². The van der Waals surface area contributed by atoms with E-state index in [0.29, 0.717) is 19.6 Å². The van der Waals surface area contributed by atoms with Crippen LogP contribution in [0.4, 0.5) is 9.18 Å². The van der Waals surface area contributed by atoms with Gasteiger partial charge in [-0.3, -0.25) is 4.79 Å². The summed E-state index contributed by atoms with van der Waals surface area (Å²) in [4.78, 5) is 26.3. The first-order valence-electron chi connectivity index (χ1n) is 9.09. The van der Waals surface area contributed by atoms with Crippen molar-refractivity contribution in [1.82, 2.24) is 10.2 Å². The summed E-state index contributed by atoms with van der Waals surface area (Å²) >= 11 is 0. The molecule has 6 heteroatoms. The minimum atomic E-state index is -0.394. The van der Waals surface area contributed by atoms with Crippen molar-refractivity contribution in [2.45, 2.75) is 26.0 Å². The van der Waals surface area contributed by atoms with Crippen molar-refractivity contribution < 1.29 is 18.7 Å². The molecule has 0 saturated carbocycles. The fourth-order valence-corrected chi connectivity index (χ4v) is 3.10. The van der Waals surface area contributed by atoms with Crippen LogP contribution in [-0.4, -0.2) is 30.0 Å². The van der Waals surface area contributed by atoms with Gasteiger partial charge in [0.25, 0.3) is 0 Å². The fraction of sp³-hybridized carbons (Fsp3) is 0.333. The van der Waals surface area contributed by atoms with E-state index in [4.69, 9.17) is 4.74 Å². The Labute approximate surface area is 158 Å². The number of hydrogen-bond donors (Lipinski definition) is 1. The molecule has 5 nitrogen and oxygen atoms in total. The van der Waals surface area contributed by atoms with Gasteiger partial charge in [0.2, 0.25) is 5.91 Å². The van der Waals surface area contributed by atoms with Gasteiger partial charge in [-0.15, -0.1) is 0 Å². The van der Waals surface area contributed by atoms with E-state index in [1.807, 2.05) is 30.3 Å². The number of hydrogen-bond acceptors (Lipinski definition) is 3. The summed E-state index contributed by atoms with van der Waals surface area (Å²) in [5.74, 6) is -0.662. The van der Waals surface area contributed by atoms with E-state index >= 15 is 0 Å². The quantitative estimate of drug-likeness (QED) is 0.876. The van der Waals surface area contributed by atoms with E-state index in [9.17, 15) is 14.0 Å². The lowest BCUT2D eigenvalue weighted by Gasteiger charge is -2.31. The molecule has 27 heavy (non-hydrogen) atoms. The molecule has 142 valence electrons. The van der Waals surface area contributed by atoms with E-state index in [2.05, 4.69) is 5.32 Å². The number of ether oxygens (including phenoxy) is 1. The molecule has 0 spiro atoms. The van der Waals surface area contributed by atoms with Crippen LogP contribution in [0, 0.1) is 11.7 Å². The zero-order valence-corrected chi connectivity index (χ0v) is 15.1. The third-order valence-corrected chi connectivity index (χ3v) is 4.64. The van der Waals surface area contributed by atoms with Gasteiger partial charge in [0, 0.05) is 19.6 Å². The first-order valence-corrected chi connectivity index (χ1v) is 9.09. The lowest BCUT2D eigenvalue weighted by Crippen LogP contribution is -2.45. The van der Waals surface area contributed by atoms with Crippen molar-refractivity contribution >= 4 is 12.0 Å². The van der Waals surface area contributed by atoms with Crippen LogP contribution >= 0.6 is 0 Å². The second kappa shape index (κ2) is 9.16. The number of benzene rings is 2. The summed E-state index contributed by atoms with van der Waals surface area (Å²) in [6.07, 6.45) is 1.10. The van der Waals surface area contributed by atoms with Gasteiger partial charge >= 0.3 is 6.09 Å². The van der Waals surface area contributed by atoms with Gasteiger partial charge in [-0.2, -0.15) is 0 Å². The summed E-state index contributed by atoms with van der Waals surface area (Å²) in [6, 6.07) is 15.5. The molecule has 0 radical (unpaired) electrons. The van der Waals surface area contributed by atoms with Crippen LogP contribution in [0.3, 0.4) is 0 Å². The molecule has 3 rings (SSSR count). The lowest BCUT2D eigenvalue weighted by molar-refractivity contribution is -0.126. The normalized spacial score (nSPS) is 16.6. The number of carbonyl (C=O) groups is 2. The maximum Gasteiger partial charge on any atom is 0.410 e. The van der Waals surface area contributed by atoms with E-state index < -0.39 is 6.09 Å².